The van der Waals surface area contributed by atoms with Gasteiger partial charge in [-0.2, -0.15) is 0 Å². The standard InChI is InChI=1S/C20H16FNO4S/c1-3-25-20(23)26-19-16(11-8-9-14(24-2)13(21)10-11)18-17(22-19)12-6-4-5-7-15(12)27-18/h4-10,17H,3H2,1-2H3. The Balaban J connectivity index is 1.80. The van der Waals surface area contributed by atoms with Gasteiger partial charge in [0.05, 0.1) is 19.3 Å². The van der Waals surface area contributed by atoms with Crippen LogP contribution in [0.25, 0.3) is 5.57 Å². The zero-order valence-corrected chi connectivity index (χ0v) is 15.5. The molecular formula is C20H16FNO4S. The summed E-state index contributed by atoms with van der Waals surface area (Å²) in [7, 11) is 1.41. The van der Waals surface area contributed by atoms with Gasteiger partial charge in [0.15, 0.2) is 11.6 Å². The zero-order valence-electron chi connectivity index (χ0n) is 14.7. The lowest BCUT2D eigenvalue weighted by molar-refractivity contribution is 0.101. The van der Waals surface area contributed by atoms with E-state index in [1.165, 1.54) is 13.2 Å². The first-order chi connectivity index (χ1) is 13.1. The minimum Gasteiger partial charge on any atom is -0.494 e. The Hall–Kier alpha value is -2.80. The van der Waals surface area contributed by atoms with E-state index < -0.39 is 12.0 Å². The van der Waals surface area contributed by atoms with Gasteiger partial charge in [-0.1, -0.05) is 36.0 Å². The summed E-state index contributed by atoms with van der Waals surface area (Å²) in [6, 6.07) is 12.3. The van der Waals surface area contributed by atoms with Crippen molar-refractivity contribution in [1.82, 2.24) is 0 Å². The van der Waals surface area contributed by atoms with Gasteiger partial charge in [0.25, 0.3) is 0 Å². The number of methoxy groups -OCH3 is 1. The lowest BCUT2D eigenvalue weighted by Crippen LogP contribution is -2.14. The van der Waals surface area contributed by atoms with Crippen molar-refractivity contribution in [1.29, 1.82) is 0 Å². The first-order valence-electron chi connectivity index (χ1n) is 8.40. The molecule has 2 aromatic rings. The van der Waals surface area contributed by atoms with E-state index in [-0.39, 0.29) is 24.3 Å². The minimum atomic E-state index is -0.832. The number of carbonyl (C=O) groups is 1. The van der Waals surface area contributed by atoms with Crippen LogP contribution in [0.4, 0.5) is 9.18 Å². The summed E-state index contributed by atoms with van der Waals surface area (Å²) in [6.45, 7) is 1.88. The lowest BCUT2D eigenvalue weighted by Gasteiger charge is -2.11. The molecule has 0 N–H and O–H groups in total. The Morgan fingerprint density at radius 3 is 2.81 bits per heavy atom. The van der Waals surface area contributed by atoms with Gasteiger partial charge >= 0.3 is 6.16 Å². The second-order valence-corrected chi connectivity index (χ2v) is 6.93. The average Bonchev–Trinajstić information content (AvgIpc) is 3.17. The Morgan fingerprint density at radius 2 is 2.07 bits per heavy atom. The maximum Gasteiger partial charge on any atom is 0.515 e. The number of benzene rings is 2. The van der Waals surface area contributed by atoms with Gasteiger partial charge in [0, 0.05) is 9.80 Å². The molecular weight excluding hydrogens is 369 g/mol. The summed E-state index contributed by atoms with van der Waals surface area (Å²) in [5.74, 6) is -0.214. The number of carbonyl (C=O) groups excluding carboxylic acids is 1. The summed E-state index contributed by atoms with van der Waals surface area (Å²) >= 11 is 1.55. The highest BCUT2D eigenvalue weighted by Crippen LogP contribution is 2.55. The van der Waals surface area contributed by atoms with Crippen molar-refractivity contribution in [2.45, 2.75) is 17.9 Å². The van der Waals surface area contributed by atoms with Crippen LogP contribution in [0.2, 0.25) is 0 Å². The summed E-state index contributed by atoms with van der Waals surface area (Å²) in [6.07, 6.45) is -0.832. The molecule has 7 heteroatoms. The van der Waals surface area contributed by atoms with Gasteiger partial charge in [-0.25, -0.2) is 14.2 Å². The van der Waals surface area contributed by atoms with Crippen LogP contribution in [-0.2, 0) is 9.47 Å². The number of nitrogens with zero attached hydrogens (tertiary/aromatic N) is 1. The second-order valence-electron chi connectivity index (χ2n) is 5.85. The fraction of sp³-hybridized carbons (Fsp3) is 0.200. The summed E-state index contributed by atoms with van der Waals surface area (Å²) < 4.78 is 29.5. The molecule has 0 spiro atoms. The van der Waals surface area contributed by atoms with Crippen molar-refractivity contribution >= 4 is 29.4 Å². The van der Waals surface area contributed by atoms with E-state index in [1.807, 2.05) is 24.3 Å². The molecule has 0 bridgehead atoms. The van der Waals surface area contributed by atoms with E-state index in [1.54, 1.807) is 30.8 Å². The van der Waals surface area contributed by atoms with Crippen LogP contribution in [0.5, 0.6) is 5.75 Å². The highest BCUT2D eigenvalue weighted by molar-refractivity contribution is 8.03. The Bertz CT molecular complexity index is 986. The molecule has 2 aliphatic rings. The molecule has 0 saturated heterocycles. The largest absolute Gasteiger partial charge is 0.515 e. The van der Waals surface area contributed by atoms with Crippen molar-refractivity contribution in [2.24, 2.45) is 4.99 Å². The minimum absolute atomic E-state index is 0.139. The molecule has 0 aromatic heterocycles. The van der Waals surface area contributed by atoms with E-state index in [2.05, 4.69) is 4.99 Å². The van der Waals surface area contributed by atoms with Gasteiger partial charge in [-0.3, -0.25) is 0 Å². The van der Waals surface area contributed by atoms with Crippen LogP contribution in [0.1, 0.15) is 24.1 Å². The quantitative estimate of drug-likeness (QED) is 0.698. The number of fused-ring (bicyclic) bond motifs is 3. The highest BCUT2D eigenvalue weighted by Gasteiger charge is 2.39. The molecule has 138 valence electrons. The number of ether oxygens (including phenoxy) is 3. The predicted molar refractivity (Wildman–Crippen MR) is 100 cm³/mol. The molecule has 5 nitrogen and oxygen atoms in total. The van der Waals surface area contributed by atoms with Gasteiger partial charge in [-0.05, 0) is 36.2 Å². The molecule has 0 radical (unpaired) electrons. The third-order valence-corrected chi connectivity index (χ3v) is 5.51. The van der Waals surface area contributed by atoms with Crippen molar-refractivity contribution in [3.8, 4) is 5.75 Å². The average molecular weight is 385 g/mol. The monoisotopic (exact) mass is 385 g/mol. The highest BCUT2D eigenvalue weighted by atomic mass is 32.2. The number of hydrogen-bond acceptors (Lipinski definition) is 6. The number of hydrogen-bond donors (Lipinski definition) is 0. The van der Waals surface area contributed by atoms with E-state index in [0.29, 0.717) is 11.1 Å². The summed E-state index contributed by atoms with van der Waals surface area (Å²) in [4.78, 5) is 18.4. The molecule has 27 heavy (non-hydrogen) atoms. The number of rotatable bonds is 3. The normalized spacial score (nSPS) is 17.3. The van der Waals surface area contributed by atoms with Crippen LogP contribution in [0.15, 0.2) is 57.3 Å². The first kappa shape index (κ1) is 17.6. The maximum absolute atomic E-state index is 14.3. The molecule has 0 saturated carbocycles. The third-order valence-electron chi connectivity index (χ3n) is 4.27. The molecule has 2 heterocycles. The third kappa shape index (κ3) is 3.08. The molecule has 1 atom stereocenters. The Kier molecular flexibility index (Phi) is 4.61. The van der Waals surface area contributed by atoms with Crippen molar-refractivity contribution in [2.75, 3.05) is 13.7 Å². The molecule has 4 rings (SSSR count). The van der Waals surface area contributed by atoms with Gasteiger partial charge < -0.3 is 14.2 Å². The molecule has 0 fully saturated rings. The van der Waals surface area contributed by atoms with E-state index >= 15 is 0 Å². The van der Waals surface area contributed by atoms with E-state index in [4.69, 9.17) is 14.2 Å². The van der Waals surface area contributed by atoms with E-state index in [9.17, 15) is 9.18 Å². The van der Waals surface area contributed by atoms with Crippen LogP contribution < -0.4 is 4.74 Å². The first-order valence-corrected chi connectivity index (χ1v) is 9.21. The van der Waals surface area contributed by atoms with Gasteiger partial charge in [-0.15, -0.1) is 0 Å². The van der Waals surface area contributed by atoms with Crippen LogP contribution in [-0.4, -0.2) is 25.8 Å². The second kappa shape index (κ2) is 7.08. The van der Waals surface area contributed by atoms with Crippen LogP contribution >= 0.6 is 11.8 Å². The number of thioether (sulfide) groups is 1. The SMILES string of the molecule is CCOC(=O)OC1=NC2C(=C1c1ccc(OC)c(F)c1)Sc1ccccc12. The molecule has 2 aliphatic heterocycles. The Labute approximate surface area is 159 Å². The fourth-order valence-electron chi connectivity index (χ4n) is 3.11. The molecule has 0 amide bonds. The molecule has 1 unspecified atom stereocenters. The molecule has 0 aliphatic carbocycles. The maximum atomic E-state index is 14.3. The van der Waals surface area contributed by atoms with Crippen molar-refractivity contribution in [3.05, 3.63) is 64.3 Å². The smallest absolute Gasteiger partial charge is 0.494 e. The van der Waals surface area contributed by atoms with Crippen molar-refractivity contribution < 1.29 is 23.4 Å². The predicted octanol–water partition coefficient (Wildman–Crippen LogP) is 4.98. The zero-order chi connectivity index (χ0) is 19.0. The molecule has 2 aromatic carbocycles. The van der Waals surface area contributed by atoms with Crippen LogP contribution in [0.3, 0.4) is 0 Å². The number of aliphatic imine (C=N–C) groups is 1. The lowest BCUT2D eigenvalue weighted by atomic mass is 10.0. The van der Waals surface area contributed by atoms with E-state index in [0.717, 1.165) is 15.4 Å². The summed E-state index contributed by atoms with van der Waals surface area (Å²) in [5, 5.41) is 0. The number of halogens is 1. The summed E-state index contributed by atoms with van der Waals surface area (Å²) in [5.41, 5.74) is 2.19. The fourth-order valence-corrected chi connectivity index (χ4v) is 4.39. The Morgan fingerprint density at radius 1 is 1.26 bits per heavy atom. The van der Waals surface area contributed by atoms with Crippen LogP contribution in [0, 0.1) is 5.82 Å². The van der Waals surface area contributed by atoms with Gasteiger partial charge in [0.2, 0.25) is 5.90 Å². The van der Waals surface area contributed by atoms with Gasteiger partial charge in [0.1, 0.15) is 6.04 Å². The van der Waals surface area contributed by atoms with Crippen molar-refractivity contribution in [3.63, 3.8) is 0 Å². The topological polar surface area (TPSA) is 57.1 Å².